The number of phenols is 1. The third-order valence-electron chi connectivity index (χ3n) is 4.19. The van der Waals surface area contributed by atoms with Crippen LogP contribution in [0.5, 0.6) is 17.2 Å². The van der Waals surface area contributed by atoms with E-state index >= 15 is 0 Å². The SMILES string of the molecule is COc1ccc(OC)c(NC(=O)[C@@H](Cc2cc(I)c(O)c(I)c2)NC(=O)OC(C)(C)C)c1. The highest BCUT2D eigenvalue weighted by Crippen LogP contribution is 2.30. The van der Waals surface area contributed by atoms with Gasteiger partial charge in [0.15, 0.2) is 0 Å². The molecule has 0 fully saturated rings. The van der Waals surface area contributed by atoms with E-state index in [0.29, 0.717) is 24.3 Å². The zero-order valence-electron chi connectivity index (χ0n) is 18.4. The highest BCUT2D eigenvalue weighted by molar-refractivity contribution is 14.1. The number of benzene rings is 2. The Hall–Kier alpha value is -1.96. The molecule has 2 aromatic carbocycles. The van der Waals surface area contributed by atoms with Crippen molar-refractivity contribution in [3.05, 3.63) is 43.0 Å². The first kappa shape index (κ1) is 26.3. The molecular weight excluding hydrogens is 642 g/mol. The zero-order chi connectivity index (χ0) is 24.1. The molecule has 0 spiro atoms. The molecule has 0 aliphatic heterocycles. The van der Waals surface area contributed by atoms with Crippen molar-refractivity contribution in [1.29, 1.82) is 0 Å². The van der Waals surface area contributed by atoms with E-state index in [9.17, 15) is 14.7 Å². The van der Waals surface area contributed by atoms with E-state index in [1.54, 1.807) is 51.1 Å². The number of carbonyl (C=O) groups excluding carboxylic acids is 2. The highest BCUT2D eigenvalue weighted by atomic mass is 127. The summed E-state index contributed by atoms with van der Waals surface area (Å²) in [6.45, 7) is 5.23. The lowest BCUT2D eigenvalue weighted by molar-refractivity contribution is -0.118. The van der Waals surface area contributed by atoms with Gasteiger partial charge in [-0.05, 0) is 95.8 Å². The van der Waals surface area contributed by atoms with Crippen LogP contribution in [0.2, 0.25) is 0 Å². The van der Waals surface area contributed by atoms with Crippen molar-refractivity contribution in [3.63, 3.8) is 0 Å². The lowest BCUT2D eigenvalue weighted by Gasteiger charge is -2.24. The molecule has 0 unspecified atom stereocenters. The van der Waals surface area contributed by atoms with Gasteiger partial charge in [-0.25, -0.2) is 4.79 Å². The number of aromatic hydroxyl groups is 1. The van der Waals surface area contributed by atoms with Crippen LogP contribution < -0.4 is 20.1 Å². The first-order valence-corrected chi connectivity index (χ1v) is 11.8. The maximum atomic E-state index is 13.2. The van der Waals surface area contributed by atoms with Gasteiger partial charge >= 0.3 is 6.09 Å². The average Bonchev–Trinajstić information content (AvgIpc) is 2.69. The molecule has 3 N–H and O–H groups in total. The minimum atomic E-state index is -0.947. The van der Waals surface area contributed by atoms with Crippen molar-refractivity contribution >= 4 is 62.9 Å². The van der Waals surface area contributed by atoms with Crippen molar-refractivity contribution in [3.8, 4) is 17.2 Å². The number of phenolic OH excluding ortho intramolecular Hbond substituents is 1. The van der Waals surface area contributed by atoms with Crippen LogP contribution in [0.1, 0.15) is 26.3 Å². The van der Waals surface area contributed by atoms with Gasteiger partial charge in [-0.15, -0.1) is 0 Å². The number of rotatable bonds is 7. The van der Waals surface area contributed by atoms with Crippen molar-refractivity contribution in [1.82, 2.24) is 5.32 Å². The van der Waals surface area contributed by atoms with Gasteiger partial charge in [0.05, 0.1) is 27.0 Å². The number of hydrogen-bond acceptors (Lipinski definition) is 6. The summed E-state index contributed by atoms with van der Waals surface area (Å²) >= 11 is 4.04. The molecule has 2 rings (SSSR count). The van der Waals surface area contributed by atoms with E-state index in [2.05, 4.69) is 10.6 Å². The first-order valence-electron chi connectivity index (χ1n) is 9.62. The van der Waals surface area contributed by atoms with Crippen LogP contribution in [-0.4, -0.2) is 43.0 Å². The molecule has 0 aromatic heterocycles. The Kier molecular flexibility index (Phi) is 9.25. The lowest BCUT2D eigenvalue weighted by atomic mass is 10.0. The fourth-order valence-corrected chi connectivity index (χ4v) is 4.66. The Balaban J connectivity index is 2.33. The van der Waals surface area contributed by atoms with Gasteiger partial charge in [-0.3, -0.25) is 4.79 Å². The molecule has 174 valence electrons. The number of alkyl carbamates (subject to hydrolysis) is 1. The Morgan fingerprint density at radius 1 is 1.06 bits per heavy atom. The van der Waals surface area contributed by atoms with Crippen molar-refractivity contribution in [2.45, 2.75) is 38.8 Å². The minimum absolute atomic E-state index is 0.178. The van der Waals surface area contributed by atoms with E-state index in [1.807, 2.05) is 45.2 Å². The number of carbonyl (C=O) groups is 2. The van der Waals surface area contributed by atoms with Crippen LogP contribution in [0.4, 0.5) is 10.5 Å². The molecule has 0 heterocycles. The van der Waals surface area contributed by atoms with Crippen molar-refractivity contribution in [2.24, 2.45) is 0 Å². The van der Waals surface area contributed by atoms with E-state index < -0.39 is 23.6 Å². The summed E-state index contributed by atoms with van der Waals surface area (Å²) < 4.78 is 17.2. The number of hydrogen-bond donors (Lipinski definition) is 3. The summed E-state index contributed by atoms with van der Waals surface area (Å²) in [4.78, 5) is 25.6. The van der Waals surface area contributed by atoms with E-state index in [1.165, 1.54) is 14.2 Å². The van der Waals surface area contributed by atoms with Gasteiger partial charge in [0.1, 0.15) is 28.9 Å². The Morgan fingerprint density at radius 3 is 2.22 bits per heavy atom. The van der Waals surface area contributed by atoms with Gasteiger partial charge in [0.25, 0.3) is 0 Å². The van der Waals surface area contributed by atoms with Crippen LogP contribution in [0.25, 0.3) is 0 Å². The maximum absolute atomic E-state index is 13.2. The van der Waals surface area contributed by atoms with Crippen LogP contribution in [0.15, 0.2) is 30.3 Å². The quantitative estimate of drug-likeness (QED) is 0.370. The van der Waals surface area contributed by atoms with Crippen LogP contribution in [-0.2, 0) is 16.0 Å². The van der Waals surface area contributed by atoms with Crippen molar-refractivity contribution < 1.29 is 28.9 Å². The van der Waals surface area contributed by atoms with Gasteiger partial charge in [0, 0.05) is 12.5 Å². The summed E-state index contributed by atoms with van der Waals surface area (Å²) in [7, 11) is 3.02. The van der Waals surface area contributed by atoms with Gasteiger partial charge in [-0.2, -0.15) is 0 Å². The molecule has 0 bridgehead atoms. The van der Waals surface area contributed by atoms with Gasteiger partial charge < -0.3 is 30.0 Å². The second kappa shape index (κ2) is 11.3. The normalized spacial score (nSPS) is 12.0. The average molecular weight is 668 g/mol. The van der Waals surface area contributed by atoms with Gasteiger partial charge in [-0.1, -0.05) is 0 Å². The minimum Gasteiger partial charge on any atom is -0.506 e. The van der Waals surface area contributed by atoms with E-state index in [-0.39, 0.29) is 12.2 Å². The molecule has 0 radical (unpaired) electrons. The van der Waals surface area contributed by atoms with Gasteiger partial charge in [0.2, 0.25) is 5.91 Å². The van der Waals surface area contributed by atoms with Crippen LogP contribution >= 0.6 is 45.2 Å². The molecule has 2 amide bonds. The standard InChI is InChI=1S/C22H26I2N2O6/c1-22(2,3)32-21(29)26-17(10-12-8-14(23)19(27)15(24)9-12)20(28)25-16-11-13(30-4)6-7-18(16)31-5/h6-9,11,17,27H,10H2,1-5H3,(H,25,28)(H,26,29)/t17-/m1/s1. The van der Waals surface area contributed by atoms with Crippen LogP contribution in [0.3, 0.4) is 0 Å². The smallest absolute Gasteiger partial charge is 0.408 e. The summed E-state index contributed by atoms with van der Waals surface area (Å²) in [6.07, 6.45) is -0.526. The molecule has 0 saturated heterocycles. The summed E-state index contributed by atoms with van der Waals surface area (Å²) in [5.41, 5.74) is 0.456. The number of halogens is 2. The number of methoxy groups -OCH3 is 2. The summed E-state index contributed by atoms with van der Waals surface area (Å²) in [5, 5.41) is 15.5. The van der Waals surface area contributed by atoms with Crippen molar-refractivity contribution in [2.75, 3.05) is 19.5 Å². The predicted molar refractivity (Wildman–Crippen MR) is 139 cm³/mol. The number of ether oxygens (including phenoxy) is 3. The molecule has 10 heteroatoms. The summed E-state index contributed by atoms with van der Waals surface area (Å²) in [6, 6.07) is 7.61. The third-order valence-corrected chi connectivity index (χ3v) is 5.83. The Labute approximate surface area is 214 Å². The molecule has 1 atom stereocenters. The zero-order valence-corrected chi connectivity index (χ0v) is 22.7. The molecular formula is C22H26I2N2O6. The number of amides is 2. The second-order valence-corrected chi connectivity index (χ2v) is 10.2. The fourth-order valence-electron chi connectivity index (χ4n) is 2.76. The maximum Gasteiger partial charge on any atom is 0.408 e. The molecule has 0 aliphatic rings. The Morgan fingerprint density at radius 2 is 1.69 bits per heavy atom. The molecule has 2 aromatic rings. The summed E-state index contributed by atoms with van der Waals surface area (Å²) in [5.74, 6) is 0.710. The fraction of sp³-hybridized carbons (Fsp3) is 0.364. The van der Waals surface area contributed by atoms with E-state index in [4.69, 9.17) is 14.2 Å². The topological polar surface area (TPSA) is 106 Å². The molecule has 0 aliphatic carbocycles. The lowest BCUT2D eigenvalue weighted by Crippen LogP contribution is -2.47. The number of anilines is 1. The second-order valence-electron chi connectivity index (χ2n) is 7.87. The monoisotopic (exact) mass is 668 g/mol. The molecule has 32 heavy (non-hydrogen) atoms. The van der Waals surface area contributed by atoms with Crippen LogP contribution in [0, 0.1) is 7.14 Å². The third kappa shape index (κ3) is 7.57. The molecule has 8 nitrogen and oxygen atoms in total. The predicted octanol–water partition coefficient (Wildman–Crippen LogP) is 4.69. The Bertz CT molecular complexity index is 968. The molecule has 0 saturated carbocycles. The highest BCUT2D eigenvalue weighted by Gasteiger charge is 2.26. The largest absolute Gasteiger partial charge is 0.506 e. The number of nitrogens with one attached hydrogen (secondary N) is 2. The first-order chi connectivity index (χ1) is 14.9. The van der Waals surface area contributed by atoms with E-state index in [0.717, 1.165) is 5.56 Å².